The highest BCUT2D eigenvalue weighted by atomic mass is 35.5. The lowest BCUT2D eigenvalue weighted by Gasteiger charge is -2.09. The molecule has 2 aromatic heterocycles. The fourth-order valence-corrected chi connectivity index (χ4v) is 2.22. The molecular formula is C13H12Cl2N2O2. The maximum Gasteiger partial charge on any atom is 0.224 e. The first-order chi connectivity index (χ1) is 9.06. The number of aryl methyl sites for hydroxylation is 2. The van der Waals surface area contributed by atoms with Crippen molar-refractivity contribution in [1.82, 2.24) is 4.98 Å². The van der Waals surface area contributed by atoms with E-state index in [0.717, 1.165) is 11.3 Å². The van der Waals surface area contributed by atoms with Crippen LogP contribution in [0.15, 0.2) is 28.9 Å². The highest BCUT2D eigenvalue weighted by Gasteiger charge is 2.11. The van der Waals surface area contributed by atoms with E-state index in [2.05, 4.69) is 10.3 Å². The standard InChI is InChI=1S/C13H12Cl2N2O2/c1-8-7-10(14)16-13(15)12(8)17-11(18)5-4-9-3-2-6-19-9/h2-3,6-7H,4-5H2,1H3,(H,17,18). The van der Waals surface area contributed by atoms with E-state index in [1.165, 1.54) is 0 Å². The molecule has 0 aromatic carbocycles. The summed E-state index contributed by atoms with van der Waals surface area (Å²) in [5, 5.41) is 3.23. The number of nitrogens with zero attached hydrogens (tertiary/aromatic N) is 1. The van der Waals surface area contributed by atoms with Gasteiger partial charge in [0, 0.05) is 12.8 Å². The van der Waals surface area contributed by atoms with Crippen LogP contribution in [0.4, 0.5) is 5.69 Å². The summed E-state index contributed by atoms with van der Waals surface area (Å²) in [6.45, 7) is 1.81. The van der Waals surface area contributed by atoms with Crippen LogP contribution in [-0.2, 0) is 11.2 Å². The molecule has 1 amide bonds. The lowest BCUT2D eigenvalue weighted by Crippen LogP contribution is -2.14. The van der Waals surface area contributed by atoms with E-state index in [-0.39, 0.29) is 11.1 Å². The number of halogens is 2. The third kappa shape index (κ3) is 3.72. The quantitative estimate of drug-likeness (QED) is 0.872. The van der Waals surface area contributed by atoms with E-state index in [4.69, 9.17) is 27.6 Å². The Morgan fingerprint density at radius 2 is 2.26 bits per heavy atom. The predicted octanol–water partition coefficient (Wildman–Crippen LogP) is 3.86. The first kappa shape index (κ1) is 13.9. The largest absolute Gasteiger partial charge is 0.469 e. The topological polar surface area (TPSA) is 55.1 Å². The molecule has 2 rings (SSSR count). The van der Waals surface area contributed by atoms with Crippen molar-refractivity contribution in [2.24, 2.45) is 0 Å². The van der Waals surface area contributed by atoms with Crippen LogP contribution in [0.5, 0.6) is 0 Å². The highest BCUT2D eigenvalue weighted by Crippen LogP contribution is 2.26. The van der Waals surface area contributed by atoms with Gasteiger partial charge in [-0.1, -0.05) is 23.2 Å². The normalized spacial score (nSPS) is 10.5. The summed E-state index contributed by atoms with van der Waals surface area (Å²) < 4.78 is 5.16. The van der Waals surface area contributed by atoms with Gasteiger partial charge in [-0.15, -0.1) is 0 Å². The lowest BCUT2D eigenvalue weighted by atomic mass is 10.2. The lowest BCUT2D eigenvalue weighted by molar-refractivity contribution is -0.116. The molecule has 0 aliphatic heterocycles. The van der Waals surface area contributed by atoms with Gasteiger partial charge in [-0.2, -0.15) is 0 Å². The number of aromatic nitrogens is 1. The van der Waals surface area contributed by atoms with Gasteiger partial charge >= 0.3 is 0 Å². The van der Waals surface area contributed by atoms with E-state index in [1.54, 1.807) is 18.4 Å². The van der Waals surface area contributed by atoms with E-state index in [1.807, 2.05) is 13.0 Å². The molecule has 6 heteroatoms. The molecule has 0 atom stereocenters. The van der Waals surface area contributed by atoms with Gasteiger partial charge in [-0.3, -0.25) is 4.79 Å². The molecule has 0 spiro atoms. The Kier molecular flexibility index (Phi) is 4.45. The number of hydrogen-bond donors (Lipinski definition) is 1. The monoisotopic (exact) mass is 298 g/mol. The van der Waals surface area contributed by atoms with Gasteiger partial charge in [-0.25, -0.2) is 4.98 Å². The summed E-state index contributed by atoms with van der Waals surface area (Å²) in [5.74, 6) is 0.623. The first-order valence-electron chi connectivity index (χ1n) is 5.71. The maximum absolute atomic E-state index is 11.8. The molecule has 2 heterocycles. The Bertz CT molecular complexity index is 559. The molecular weight excluding hydrogens is 287 g/mol. The Morgan fingerprint density at radius 1 is 1.47 bits per heavy atom. The van der Waals surface area contributed by atoms with Crippen molar-refractivity contribution in [1.29, 1.82) is 0 Å². The Labute approximate surface area is 120 Å². The maximum atomic E-state index is 11.8. The molecule has 0 bridgehead atoms. The predicted molar refractivity (Wildman–Crippen MR) is 74.7 cm³/mol. The van der Waals surface area contributed by atoms with Crippen LogP contribution in [0.25, 0.3) is 0 Å². The molecule has 0 unspecified atom stereocenters. The van der Waals surface area contributed by atoms with E-state index in [0.29, 0.717) is 23.7 Å². The zero-order valence-electron chi connectivity index (χ0n) is 10.2. The first-order valence-corrected chi connectivity index (χ1v) is 6.46. The van der Waals surface area contributed by atoms with E-state index >= 15 is 0 Å². The van der Waals surface area contributed by atoms with Crippen molar-refractivity contribution in [3.63, 3.8) is 0 Å². The van der Waals surface area contributed by atoms with Gasteiger partial charge < -0.3 is 9.73 Å². The second-order valence-electron chi connectivity index (χ2n) is 4.06. The third-order valence-electron chi connectivity index (χ3n) is 2.58. The number of anilines is 1. The molecule has 100 valence electrons. The Morgan fingerprint density at radius 3 is 2.89 bits per heavy atom. The number of amides is 1. The van der Waals surface area contributed by atoms with Crippen LogP contribution >= 0.6 is 23.2 Å². The fourth-order valence-electron chi connectivity index (χ4n) is 1.64. The summed E-state index contributed by atoms with van der Waals surface area (Å²) in [7, 11) is 0. The van der Waals surface area contributed by atoms with Gasteiger partial charge in [0.1, 0.15) is 10.9 Å². The van der Waals surface area contributed by atoms with Crippen molar-refractivity contribution in [2.45, 2.75) is 19.8 Å². The molecule has 1 N–H and O–H groups in total. The number of hydrogen-bond acceptors (Lipinski definition) is 3. The molecule has 0 saturated heterocycles. The summed E-state index contributed by atoms with van der Waals surface area (Å²) in [6.07, 6.45) is 2.43. The van der Waals surface area contributed by atoms with Gasteiger partial charge in [-0.05, 0) is 30.7 Å². The van der Waals surface area contributed by atoms with Crippen LogP contribution in [0.3, 0.4) is 0 Å². The van der Waals surface area contributed by atoms with Crippen LogP contribution < -0.4 is 5.32 Å². The minimum atomic E-state index is -0.148. The number of rotatable bonds is 4. The molecule has 0 saturated carbocycles. The van der Waals surface area contributed by atoms with Crippen LogP contribution in [-0.4, -0.2) is 10.9 Å². The van der Waals surface area contributed by atoms with Crippen molar-refractivity contribution in [3.05, 3.63) is 46.1 Å². The molecule has 0 fully saturated rings. The fraction of sp³-hybridized carbons (Fsp3) is 0.231. The molecule has 0 aliphatic carbocycles. The van der Waals surface area contributed by atoms with Crippen molar-refractivity contribution in [2.75, 3.05) is 5.32 Å². The molecule has 19 heavy (non-hydrogen) atoms. The minimum Gasteiger partial charge on any atom is -0.469 e. The third-order valence-corrected chi connectivity index (χ3v) is 3.05. The van der Waals surface area contributed by atoms with Gasteiger partial charge in [0.05, 0.1) is 12.0 Å². The molecule has 4 nitrogen and oxygen atoms in total. The SMILES string of the molecule is Cc1cc(Cl)nc(Cl)c1NC(=O)CCc1ccco1. The number of nitrogens with one attached hydrogen (secondary N) is 1. The van der Waals surface area contributed by atoms with Crippen LogP contribution in [0.1, 0.15) is 17.7 Å². The summed E-state index contributed by atoms with van der Waals surface area (Å²) >= 11 is 11.7. The molecule has 2 aromatic rings. The number of carbonyl (C=O) groups excluding carboxylic acids is 1. The second kappa shape index (κ2) is 6.08. The average molecular weight is 299 g/mol. The van der Waals surface area contributed by atoms with Gasteiger partial charge in [0.15, 0.2) is 5.15 Å². The smallest absolute Gasteiger partial charge is 0.224 e. The van der Waals surface area contributed by atoms with Crippen molar-refractivity contribution < 1.29 is 9.21 Å². The second-order valence-corrected chi connectivity index (χ2v) is 4.80. The van der Waals surface area contributed by atoms with Gasteiger partial charge in [0.25, 0.3) is 0 Å². The molecule has 0 aliphatic rings. The Balaban J connectivity index is 1.99. The van der Waals surface area contributed by atoms with Crippen molar-refractivity contribution in [3.8, 4) is 0 Å². The zero-order valence-corrected chi connectivity index (χ0v) is 11.8. The Hall–Kier alpha value is -1.52. The average Bonchev–Trinajstić information content (AvgIpc) is 2.84. The number of pyridine rings is 1. The van der Waals surface area contributed by atoms with E-state index in [9.17, 15) is 4.79 Å². The van der Waals surface area contributed by atoms with Crippen molar-refractivity contribution >= 4 is 34.8 Å². The minimum absolute atomic E-state index is 0.148. The number of carbonyl (C=O) groups is 1. The summed E-state index contributed by atoms with van der Waals surface area (Å²) in [6, 6.07) is 5.27. The zero-order chi connectivity index (χ0) is 13.8. The van der Waals surface area contributed by atoms with E-state index < -0.39 is 0 Å². The van der Waals surface area contributed by atoms with Crippen LogP contribution in [0.2, 0.25) is 10.3 Å². The number of furan rings is 1. The van der Waals surface area contributed by atoms with Crippen LogP contribution in [0, 0.1) is 6.92 Å². The van der Waals surface area contributed by atoms with Gasteiger partial charge in [0.2, 0.25) is 5.91 Å². The molecule has 0 radical (unpaired) electrons. The summed E-state index contributed by atoms with van der Waals surface area (Å²) in [5.41, 5.74) is 1.27. The summed E-state index contributed by atoms with van der Waals surface area (Å²) in [4.78, 5) is 15.7. The highest BCUT2D eigenvalue weighted by molar-refractivity contribution is 6.34.